The fraction of sp³-hybridized carbons (Fsp3) is 0.429. The molecule has 0 bridgehead atoms. The molecule has 1 aromatic heterocycles. The molecule has 3 nitrogen and oxygen atoms in total. The lowest BCUT2D eigenvalue weighted by Crippen LogP contribution is -1.92. The Kier molecular flexibility index (Phi) is 2.34. The fourth-order valence-electron chi connectivity index (χ4n) is 0.661. The highest BCUT2D eigenvalue weighted by Gasteiger charge is 1.90. The van der Waals surface area contributed by atoms with Crippen molar-refractivity contribution in [2.75, 3.05) is 7.11 Å². The molecule has 1 heterocycles. The molecule has 0 aliphatic rings. The van der Waals surface area contributed by atoms with Gasteiger partial charge in [-0.05, 0) is 6.92 Å². The van der Waals surface area contributed by atoms with Crippen LogP contribution in [0, 0.1) is 6.92 Å². The van der Waals surface area contributed by atoms with Crippen LogP contribution in [0.4, 0.5) is 0 Å². The van der Waals surface area contributed by atoms with Crippen LogP contribution >= 0.6 is 0 Å². The molecule has 0 N–H and O–H groups in total. The van der Waals surface area contributed by atoms with Crippen molar-refractivity contribution in [1.82, 2.24) is 9.97 Å². The van der Waals surface area contributed by atoms with Crippen molar-refractivity contribution in [3.05, 3.63) is 23.8 Å². The average molecular weight is 138 g/mol. The number of ether oxygens (including phenoxy) is 1. The summed E-state index contributed by atoms with van der Waals surface area (Å²) in [6.45, 7) is 2.44. The van der Waals surface area contributed by atoms with E-state index < -0.39 is 0 Å². The summed E-state index contributed by atoms with van der Waals surface area (Å²) in [6.07, 6.45) is 3.54. The van der Waals surface area contributed by atoms with Crippen LogP contribution in [-0.2, 0) is 11.3 Å². The van der Waals surface area contributed by atoms with Crippen LogP contribution < -0.4 is 0 Å². The van der Waals surface area contributed by atoms with E-state index in [1.165, 1.54) is 0 Å². The summed E-state index contributed by atoms with van der Waals surface area (Å²) in [5, 5.41) is 0. The van der Waals surface area contributed by atoms with Gasteiger partial charge < -0.3 is 4.74 Å². The van der Waals surface area contributed by atoms with E-state index in [4.69, 9.17) is 4.74 Å². The minimum absolute atomic E-state index is 0.584. The van der Waals surface area contributed by atoms with Gasteiger partial charge in [-0.2, -0.15) is 0 Å². The number of aromatic nitrogens is 2. The predicted molar refractivity (Wildman–Crippen MR) is 37.5 cm³/mol. The SMILES string of the molecule is COCc1cnc(C)nc1. The third-order valence-electron chi connectivity index (χ3n) is 1.15. The summed E-state index contributed by atoms with van der Waals surface area (Å²) in [5.74, 6) is 0.792. The highest BCUT2D eigenvalue weighted by molar-refractivity contribution is 5.02. The molecular weight excluding hydrogens is 128 g/mol. The van der Waals surface area contributed by atoms with Crippen molar-refractivity contribution in [3.8, 4) is 0 Å². The minimum Gasteiger partial charge on any atom is -0.380 e. The molecule has 0 radical (unpaired) electrons. The Morgan fingerprint density at radius 3 is 2.50 bits per heavy atom. The van der Waals surface area contributed by atoms with E-state index >= 15 is 0 Å². The number of nitrogens with zero attached hydrogens (tertiary/aromatic N) is 2. The Labute approximate surface area is 60.1 Å². The van der Waals surface area contributed by atoms with Gasteiger partial charge in [0, 0.05) is 25.1 Å². The van der Waals surface area contributed by atoms with Gasteiger partial charge in [0.25, 0.3) is 0 Å². The Balaban J connectivity index is 2.69. The maximum absolute atomic E-state index is 4.89. The first-order chi connectivity index (χ1) is 4.83. The molecule has 10 heavy (non-hydrogen) atoms. The van der Waals surface area contributed by atoms with Gasteiger partial charge in [0.15, 0.2) is 0 Å². The first kappa shape index (κ1) is 7.15. The van der Waals surface area contributed by atoms with Crippen LogP contribution in [0.25, 0.3) is 0 Å². The van der Waals surface area contributed by atoms with Crippen molar-refractivity contribution in [3.63, 3.8) is 0 Å². The lowest BCUT2D eigenvalue weighted by molar-refractivity contribution is 0.184. The van der Waals surface area contributed by atoms with Crippen LogP contribution in [0.3, 0.4) is 0 Å². The molecule has 0 amide bonds. The number of hydrogen-bond donors (Lipinski definition) is 0. The molecule has 0 aliphatic heterocycles. The Bertz CT molecular complexity index is 195. The number of hydrogen-bond acceptors (Lipinski definition) is 3. The van der Waals surface area contributed by atoms with E-state index in [9.17, 15) is 0 Å². The highest BCUT2D eigenvalue weighted by atomic mass is 16.5. The van der Waals surface area contributed by atoms with Gasteiger partial charge in [0.2, 0.25) is 0 Å². The molecule has 1 rings (SSSR count). The smallest absolute Gasteiger partial charge is 0.125 e. The molecule has 0 aromatic carbocycles. The molecule has 0 saturated carbocycles. The van der Waals surface area contributed by atoms with E-state index in [-0.39, 0.29) is 0 Å². The monoisotopic (exact) mass is 138 g/mol. The van der Waals surface area contributed by atoms with Gasteiger partial charge in [-0.3, -0.25) is 0 Å². The van der Waals surface area contributed by atoms with Crippen molar-refractivity contribution in [1.29, 1.82) is 0 Å². The third-order valence-corrected chi connectivity index (χ3v) is 1.15. The fourth-order valence-corrected chi connectivity index (χ4v) is 0.661. The average Bonchev–Trinajstić information content (AvgIpc) is 1.95. The maximum Gasteiger partial charge on any atom is 0.125 e. The summed E-state index contributed by atoms with van der Waals surface area (Å²) < 4.78 is 4.89. The van der Waals surface area contributed by atoms with Gasteiger partial charge in [-0.25, -0.2) is 9.97 Å². The third kappa shape index (κ3) is 1.77. The van der Waals surface area contributed by atoms with Crippen LogP contribution in [0.15, 0.2) is 12.4 Å². The molecule has 0 unspecified atom stereocenters. The standard InChI is InChI=1S/C7H10N2O/c1-6-8-3-7(4-9-6)5-10-2/h3-4H,5H2,1-2H3. The van der Waals surface area contributed by atoms with E-state index in [2.05, 4.69) is 9.97 Å². The molecule has 0 saturated heterocycles. The van der Waals surface area contributed by atoms with E-state index in [0.29, 0.717) is 6.61 Å². The Morgan fingerprint density at radius 1 is 1.40 bits per heavy atom. The van der Waals surface area contributed by atoms with Gasteiger partial charge in [-0.1, -0.05) is 0 Å². The summed E-state index contributed by atoms with van der Waals surface area (Å²) >= 11 is 0. The second-order valence-electron chi connectivity index (χ2n) is 2.07. The van der Waals surface area contributed by atoms with Crippen molar-refractivity contribution < 1.29 is 4.74 Å². The van der Waals surface area contributed by atoms with Crippen molar-refractivity contribution in [2.45, 2.75) is 13.5 Å². The van der Waals surface area contributed by atoms with E-state index in [0.717, 1.165) is 11.4 Å². The first-order valence-electron chi connectivity index (χ1n) is 3.09. The molecule has 3 heteroatoms. The zero-order valence-electron chi connectivity index (χ0n) is 6.16. The summed E-state index contributed by atoms with van der Waals surface area (Å²) in [4.78, 5) is 8.01. The second-order valence-corrected chi connectivity index (χ2v) is 2.07. The molecule has 0 spiro atoms. The Hall–Kier alpha value is -0.960. The van der Waals surface area contributed by atoms with Crippen molar-refractivity contribution >= 4 is 0 Å². The first-order valence-corrected chi connectivity index (χ1v) is 3.09. The van der Waals surface area contributed by atoms with Crippen LogP contribution in [0.1, 0.15) is 11.4 Å². The lowest BCUT2D eigenvalue weighted by atomic mass is 10.4. The summed E-state index contributed by atoms with van der Waals surface area (Å²) in [5.41, 5.74) is 1.01. The van der Waals surface area contributed by atoms with Gasteiger partial charge in [0.1, 0.15) is 5.82 Å². The molecular formula is C7H10N2O. The molecule has 0 aliphatic carbocycles. The normalized spacial score (nSPS) is 9.80. The Morgan fingerprint density at radius 2 is 2.00 bits per heavy atom. The summed E-state index contributed by atoms with van der Waals surface area (Å²) in [7, 11) is 1.65. The highest BCUT2D eigenvalue weighted by Crippen LogP contribution is 1.95. The quantitative estimate of drug-likeness (QED) is 0.609. The van der Waals surface area contributed by atoms with Gasteiger partial charge in [0.05, 0.1) is 6.61 Å². The summed E-state index contributed by atoms with van der Waals surface area (Å²) in [6, 6.07) is 0. The maximum atomic E-state index is 4.89. The second kappa shape index (κ2) is 3.27. The van der Waals surface area contributed by atoms with E-state index in [1.807, 2.05) is 6.92 Å². The van der Waals surface area contributed by atoms with Crippen LogP contribution in [0.2, 0.25) is 0 Å². The van der Waals surface area contributed by atoms with Crippen molar-refractivity contribution in [2.24, 2.45) is 0 Å². The van der Waals surface area contributed by atoms with Gasteiger partial charge in [-0.15, -0.1) is 0 Å². The minimum atomic E-state index is 0.584. The van der Waals surface area contributed by atoms with Crippen LogP contribution in [0.5, 0.6) is 0 Å². The lowest BCUT2D eigenvalue weighted by Gasteiger charge is -1.96. The molecule has 54 valence electrons. The molecule has 0 atom stereocenters. The zero-order valence-corrected chi connectivity index (χ0v) is 6.16. The zero-order chi connectivity index (χ0) is 7.40. The van der Waals surface area contributed by atoms with Crippen LogP contribution in [-0.4, -0.2) is 17.1 Å². The molecule has 0 fully saturated rings. The largest absolute Gasteiger partial charge is 0.380 e. The number of aryl methyl sites for hydroxylation is 1. The van der Waals surface area contributed by atoms with E-state index in [1.54, 1.807) is 19.5 Å². The topological polar surface area (TPSA) is 35.0 Å². The number of methoxy groups -OCH3 is 1. The number of rotatable bonds is 2. The predicted octanol–water partition coefficient (Wildman–Crippen LogP) is 0.931. The molecule has 1 aromatic rings. The van der Waals surface area contributed by atoms with Gasteiger partial charge >= 0.3 is 0 Å².